The van der Waals surface area contributed by atoms with E-state index >= 15 is 0 Å². The van der Waals surface area contributed by atoms with Gasteiger partial charge in [-0.25, -0.2) is 9.59 Å². The van der Waals surface area contributed by atoms with Crippen molar-refractivity contribution in [1.29, 1.82) is 0 Å². The molecule has 4 nitrogen and oxygen atoms in total. The smallest absolute Gasteiger partial charge is 0.343 e. The Labute approximate surface area is 168 Å². The van der Waals surface area contributed by atoms with Gasteiger partial charge in [0, 0.05) is 0 Å². The number of carbonyl (C=O) groups excluding carboxylic acids is 2. The van der Waals surface area contributed by atoms with Gasteiger partial charge in [0.2, 0.25) is 0 Å². The number of hydrogen-bond donors (Lipinski definition) is 0. The molecule has 4 heteroatoms. The molecule has 152 valence electrons. The summed E-state index contributed by atoms with van der Waals surface area (Å²) in [6.45, 7) is 6.05. The molecule has 0 heterocycles. The van der Waals surface area contributed by atoms with Crippen LogP contribution in [0.4, 0.5) is 0 Å². The van der Waals surface area contributed by atoms with E-state index in [1.807, 2.05) is 26.0 Å². The molecule has 0 radical (unpaired) electrons. The van der Waals surface area contributed by atoms with Crippen molar-refractivity contribution in [3.05, 3.63) is 65.2 Å². The van der Waals surface area contributed by atoms with Crippen LogP contribution in [0.25, 0.3) is 0 Å². The van der Waals surface area contributed by atoms with Gasteiger partial charge in [-0.3, -0.25) is 0 Å². The first-order chi connectivity index (χ1) is 13.0. The van der Waals surface area contributed by atoms with Crippen LogP contribution in [0.3, 0.4) is 0 Å². The molecule has 0 aromatic heterocycles. The predicted octanol–water partition coefficient (Wildman–Crippen LogP) is 6.37. The fourth-order valence-corrected chi connectivity index (χ4v) is 2.68. The first-order valence-corrected chi connectivity index (χ1v) is 9.59. The Kier molecular flexibility index (Phi) is 10.0. The van der Waals surface area contributed by atoms with Crippen LogP contribution in [0.15, 0.2) is 48.5 Å². The maximum Gasteiger partial charge on any atom is 0.343 e. The highest BCUT2D eigenvalue weighted by Crippen LogP contribution is 2.17. The Morgan fingerprint density at radius 2 is 1.43 bits per heavy atom. The third kappa shape index (κ3) is 7.55. The van der Waals surface area contributed by atoms with Crippen LogP contribution in [0.2, 0.25) is 0 Å². The van der Waals surface area contributed by atoms with E-state index in [1.165, 1.54) is 19.3 Å². The quantitative estimate of drug-likeness (QED) is 0.286. The number of hydrogen-bond acceptors (Lipinski definition) is 4. The highest BCUT2D eigenvalue weighted by Gasteiger charge is 2.13. The van der Waals surface area contributed by atoms with Crippen molar-refractivity contribution in [2.45, 2.75) is 66.4 Å². The normalized spacial score (nSPS) is 11.2. The lowest BCUT2D eigenvalue weighted by atomic mass is 10.1. The molecule has 2 aromatic rings. The van der Waals surface area contributed by atoms with E-state index in [0.717, 1.165) is 18.4 Å². The molecule has 0 saturated carbocycles. The second-order valence-corrected chi connectivity index (χ2v) is 6.85. The van der Waals surface area contributed by atoms with Crippen LogP contribution in [0.5, 0.6) is 5.75 Å². The van der Waals surface area contributed by atoms with Crippen molar-refractivity contribution in [3.63, 3.8) is 0 Å². The van der Waals surface area contributed by atoms with Crippen molar-refractivity contribution in [1.82, 2.24) is 0 Å². The summed E-state index contributed by atoms with van der Waals surface area (Å²) in [6, 6.07) is 13.6. The number of benzene rings is 2. The first kappa shape index (κ1) is 23.4. The fraction of sp³-hybridized carbons (Fsp3) is 0.417. The Morgan fingerprint density at radius 3 is 2.04 bits per heavy atom. The van der Waals surface area contributed by atoms with Gasteiger partial charge >= 0.3 is 11.9 Å². The lowest BCUT2D eigenvalue weighted by molar-refractivity contribution is 0.0319. The Balaban J connectivity index is 0.00000392. The Bertz CT molecular complexity index is 732. The molecule has 0 spiro atoms. The molecule has 2 rings (SSSR count). The summed E-state index contributed by atoms with van der Waals surface area (Å²) in [5.41, 5.74) is 2.01. The van der Waals surface area contributed by atoms with Crippen LogP contribution in [-0.4, -0.2) is 18.0 Å². The van der Waals surface area contributed by atoms with Crippen molar-refractivity contribution >= 4 is 11.9 Å². The summed E-state index contributed by atoms with van der Waals surface area (Å²) in [4.78, 5) is 24.3. The Morgan fingerprint density at radius 1 is 0.857 bits per heavy atom. The van der Waals surface area contributed by atoms with Crippen LogP contribution >= 0.6 is 0 Å². The van der Waals surface area contributed by atoms with Crippen molar-refractivity contribution in [3.8, 4) is 5.75 Å². The van der Waals surface area contributed by atoms with Crippen molar-refractivity contribution in [2.75, 3.05) is 0 Å². The molecule has 0 amide bonds. The zero-order valence-electron chi connectivity index (χ0n) is 16.4. The third-order valence-electron chi connectivity index (χ3n) is 4.36. The van der Waals surface area contributed by atoms with Gasteiger partial charge in [0.25, 0.3) is 0 Å². The maximum atomic E-state index is 12.2. The molecule has 1 unspecified atom stereocenters. The minimum atomic E-state index is -0.425. The largest absolute Gasteiger partial charge is 0.459 e. The summed E-state index contributed by atoms with van der Waals surface area (Å²) in [7, 11) is 0. The molecular formula is C24H32O4. The standard InChI is InChI=1S/C23H28O4.CH4/c1-4-5-6-7-8-18(3)26-22(24)20-13-15-21(16-14-20)27-23(25)19-11-9-17(2)10-12-19;/h9-16,18H,4-8H2,1-3H3;1H4. The number of carbonyl (C=O) groups is 2. The number of esters is 2. The van der Waals surface area contributed by atoms with E-state index in [9.17, 15) is 9.59 Å². The summed E-state index contributed by atoms with van der Waals surface area (Å²) < 4.78 is 10.8. The van der Waals surface area contributed by atoms with Gasteiger partial charge < -0.3 is 9.47 Å². The summed E-state index contributed by atoms with van der Waals surface area (Å²) in [5.74, 6) is -0.384. The molecule has 2 aromatic carbocycles. The van der Waals surface area contributed by atoms with E-state index in [0.29, 0.717) is 16.9 Å². The van der Waals surface area contributed by atoms with E-state index in [4.69, 9.17) is 9.47 Å². The van der Waals surface area contributed by atoms with Crippen molar-refractivity contribution < 1.29 is 19.1 Å². The summed E-state index contributed by atoms with van der Waals surface area (Å²) >= 11 is 0. The molecule has 0 N–H and O–H groups in total. The van der Waals surface area contributed by atoms with Crippen LogP contribution < -0.4 is 4.74 Å². The zero-order chi connectivity index (χ0) is 19.6. The fourth-order valence-electron chi connectivity index (χ4n) is 2.68. The number of ether oxygens (including phenoxy) is 2. The van der Waals surface area contributed by atoms with Gasteiger partial charge in [0.05, 0.1) is 17.2 Å². The molecule has 0 fully saturated rings. The van der Waals surface area contributed by atoms with E-state index in [-0.39, 0.29) is 19.5 Å². The van der Waals surface area contributed by atoms with Crippen LogP contribution in [0, 0.1) is 6.92 Å². The second kappa shape index (κ2) is 12.0. The highest BCUT2D eigenvalue weighted by atomic mass is 16.5. The zero-order valence-corrected chi connectivity index (χ0v) is 16.4. The molecule has 0 aliphatic carbocycles. The molecule has 28 heavy (non-hydrogen) atoms. The predicted molar refractivity (Wildman–Crippen MR) is 113 cm³/mol. The average Bonchev–Trinajstić information content (AvgIpc) is 2.66. The molecule has 0 aliphatic heterocycles. The molecular weight excluding hydrogens is 352 g/mol. The number of unbranched alkanes of at least 4 members (excludes halogenated alkanes) is 3. The van der Waals surface area contributed by atoms with Gasteiger partial charge in [-0.2, -0.15) is 0 Å². The number of aryl methyl sites for hydroxylation is 1. The van der Waals surface area contributed by atoms with Gasteiger partial charge in [-0.15, -0.1) is 0 Å². The highest BCUT2D eigenvalue weighted by molar-refractivity contribution is 5.92. The van der Waals surface area contributed by atoms with Gasteiger partial charge in [-0.1, -0.05) is 51.3 Å². The van der Waals surface area contributed by atoms with Gasteiger partial charge in [-0.05, 0) is 63.1 Å². The van der Waals surface area contributed by atoms with Crippen LogP contribution in [0.1, 0.15) is 79.7 Å². The lowest BCUT2D eigenvalue weighted by Crippen LogP contribution is -2.15. The second-order valence-electron chi connectivity index (χ2n) is 6.85. The average molecular weight is 385 g/mol. The van der Waals surface area contributed by atoms with E-state index < -0.39 is 5.97 Å². The first-order valence-electron chi connectivity index (χ1n) is 9.59. The number of rotatable bonds is 9. The van der Waals surface area contributed by atoms with Crippen molar-refractivity contribution in [2.24, 2.45) is 0 Å². The summed E-state index contributed by atoms with van der Waals surface area (Å²) in [6.07, 6.45) is 5.40. The molecule has 0 aliphatic rings. The molecule has 0 saturated heterocycles. The minimum Gasteiger partial charge on any atom is -0.459 e. The van der Waals surface area contributed by atoms with E-state index in [2.05, 4.69) is 6.92 Å². The van der Waals surface area contributed by atoms with Gasteiger partial charge in [0.15, 0.2) is 0 Å². The van der Waals surface area contributed by atoms with Gasteiger partial charge in [0.1, 0.15) is 5.75 Å². The Hall–Kier alpha value is -2.62. The van der Waals surface area contributed by atoms with Crippen LogP contribution in [-0.2, 0) is 4.74 Å². The SMILES string of the molecule is C.CCCCCCC(C)OC(=O)c1ccc(OC(=O)c2ccc(C)cc2)cc1. The minimum absolute atomic E-state index is 0. The topological polar surface area (TPSA) is 52.6 Å². The third-order valence-corrected chi connectivity index (χ3v) is 4.36. The summed E-state index contributed by atoms with van der Waals surface area (Å²) in [5, 5.41) is 0. The molecule has 1 atom stereocenters. The monoisotopic (exact) mass is 384 g/mol. The lowest BCUT2D eigenvalue weighted by Gasteiger charge is -2.13. The van der Waals surface area contributed by atoms with E-state index in [1.54, 1.807) is 36.4 Å². The molecule has 0 bridgehead atoms. The maximum absolute atomic E-state index is 12.2.